The van der Waals surface area contributed by atoms with E-state index in [4.69, 9.17) is 4.74 Å². The highest BCUT2D eigenvalue weighted by molar-refractivity contribution is 6.34. The Morgan fingerprint density at radius 1 is 1.07 bits per heavy atom. The summed E-state index contributed by atoms with van der Waals surface area (Å²) in [6.07, 6.45) is 2.10. The second-order valence-electron chi connectivity index (χ2n) is 12.0. The lowest BCUT2D eigenvalue weighted by Gasteiger charge is -2.48. The van der Waals surface area contributed by atoms with Gasteiger partial charge in [0.2, 0.25) is 5.75 Å². The Kier molecular flexibility index (Phi) is 7.84. The van der Waals surface area contributed by atoms with E-state index in [1.54, 1.807) is 0 Å². The Bertz CT molecular complexity index is 1450. The summed E-state index contributed by atoms with van der Waals surface area (Å²) in [4.78, 5) is 62.5. The quantitative estimate of drug-likeness (QED) is 0.453. The van der Waals surface area contributed by atoms with E-state index in [9.17, 15) is 28.7 Å². The number of benzene rings is 1. The summed E-state index contributed by atoms with van der Waals surface area (Å²) in [5.74, 6) is -3.30. The van der Waals surface area contributed by atoms with Crippen LogP contribution in [0.15, 0.2) is 29.1 Å². The fraction of sp³-hybridized carbons (Fsp3) is 0.552. The molecule has 2 bridgehead atoms. The number of nitrogens with zero attached hydrogens (tertiary/aromatic N) is 5. The number of nitrogens with one attached hydrogen (secondary N) is 1. The summed E-state index contributed by atoms with van der Waals surface area (Å²) in [7, 11) is 6.53. The van der Waals surface area contributed by atoms with Crippen molar-refractivity contribution in [1.29, 1.82) is 0 Å². The first kappa shape index (κ1) is 29.6. The van der Waals surface area contributed by atoms with Crippen LogP contribution in [-0.2, 0) is 33.0 Å². The Morgan fingerprint density at radius 2 is 1.71 bits per heavy atom. The van der Waals surface area contributed by atoms with Gasteiger partial charge in [0.15, 0.2) is 5.69 Å². The number of halogens is 1. The lowest BCUT2D eigenvalue weighted by Crippen LogP contribution is -2.56. The maximum Gasteiger partial charge on any atom is 0.312 e. The van der Waals surface area contributed by atoms with Crippen molar-refractivity contribution in [2.75, 3.05) is 47.9 Å². The molecule has 4 heterocycles. The van der Waals surface area contributed by atoms with E-state index in [0.29, 0.717) is 51.0 Å². The van der Waals surface area contributed by atoms with Crippen LogP contribution >= 0.6 is 0 Å². The van der Waals surface area contributed by atoms with E-state index in [2.05, 4.69) is 15.2 Å². The number of amides is 3. The molecule has 2 N–H and O–H groups in total. The van der Waals surface area contributed by atoms with E-state index < -0.39 is 46.1 Å². The number of fused-ring (bicyclic) bond motifs is 2. The monoisotopic (exact) mass is 584 g/mol. The van der Waals surface area contributed by atoms with Gasteiger partial charge in [0, 0.05) is 46.2 Å². The SMILES string of the molecule is CN(C)C(=O)C(=O)N(C)C12CCC(CN(C)C3COC3)(CC1)Cn1c2nc(C(=O)NCc2ccc(F)cc2)c(O)c1=O. The zero-order chi connectivity index (χ0) is 30.4. The number of carbonyl (C=O) groups is 3. The molecule has 3 amide bonds. The smallest absolute Gasteiger partial charge is 0.312 e. The Morgan fingerprint density at radius 3 is 2.29 bits per heavy atom. The average Bonchev–Trinajstić information content (AvgIpc) is 3.16. The van der Waals surface area contributed by atoms with Crippen LogP contribution < -0.4 is 10.9 Å². The van der Waals surface area contributed by atoms with Gasteiger partial charge in [-0.25, -0.2) is 9.37 Å². The van der Waals surface area contributed by atoms with Gasteiger partial charge in [0.1, 0.15) is 17.2 Å². The molecule has 13 heteroatoms. The highest BCUT2D eigenvalue weighted by Crippen LogP contribution is 2.52. The van der Waals surface area contributed by atoms with Crippen LogP contribution in [0.3, 0.4) is 0 Å². The summed E-state index contributed by atoms with van der Waals surface area (Å²) in [6, 6.07) is 5.82. The first-order valence-electron chi connectivity index (χ1n) is 14.0. The van der Waals surface area contributed by atoms with Crippen LogP contribution in [0.5, 0.6) is 5.75 Å². The maximum absolute atomic E-state index is 13.8. The summed E-state index contributed by atoms with van der Waals surface area (Å²) in [5.41, 5.74) is -2.14. The Balaban J connectivity index is 1.55. The predicted molar refractivity (Wildman–Crippen MR) is 149 cm³/mol. The molecule has 6 rings (SSSR count). The predicted octanol–water partition coefficient (Wildman–Crippen LogP) is 0.665. The van der Waals surface area contributed by atoms with E-state index in [0.717, 1.165) is 0 Å². The molecule has 2 fully saturated rings. The average molecular weight is 585 g/mol. The molecule has 1 aliphatic carbocycles. The van der Waals surface area contributed by atoms with Gasteiger partial charge in [-0.3, -0.25) is 28.6 Å². The van der Waals surface area contributed by atoms with Crippen LogP contribution in [0.4, 0.5) is 4.39 Å². The second kappa shape index (κ2) is 11.1. The van der Waals surface area contributed by atoms with Crippen LogP contribution in [0.1, 0.15) is 47.6 Å². The summed E-state index contributed by atoms with van der Waals surface area (Å²) in [6.45, 7) is 2.19. The fourth-order valence-electron chi connectivity index (χ4n) is 6.34. The number of carbonyl (C=O) groups excluding carboxylic acids is 3. The molecule has 4 aliphatic rings. The minimum absolute atomic E-state index is 0.0137. The summed E-state index contributed by atoms with van der Waals surface area (Å²) in [5, 5.41) is 13.6. The molecule has 1 aromatic heterocycles. The van der Waals surface area contributed by atoms with E-state index >= 15 is 0 Å². The van der Waals surface area contributed by atoms with Crippen molar-refractivity contribution in [1.82, 2.24) is 29.6 Å². The van der Waals surface area contributed by atoms with Crippen molar-refractivity contribution in [2.45, 2.75) is 50.4 Å². The van der Waals surface area contributed by atoms with Gasteiger partial charge in [-0.05, 0) is 50.4 Å². The van der Waals surface area contributed by atoms with Crippen molar-refractivity contribution in [2.24, 2.45) is 5.41 Å². The van der Waals surface area contributed by atoms with Crippen molar-refractivity contribution in [3.8, 4) is 5.75 Å². The first-order chi connectivity index (χ1) is 19.9. The molecule has 42 heavy (non-hydrogen) atoms. The van der Waals surface area contributed by atoms with Gasteiger partial charge in [-0.2, -0.15) is 0 Å². The maximum atomic E-state index is 13.8. The number of hydrogen-bond acceptors (Lipinski definition) is 8. The molecule has 0 atom stereocenters. The molecule has 1 saturated heterocycles. The Labute approximate surface area is 243 Å². The van der Waals surface area contributed by atoms with Crippen molar-refractivity contribution in [3.63, 3.8) is 0 Å². The largest absolute Gasteiger partial charge is 0.501 e. The molecule has 1 saturated carbocycles. The number of rotatable bonds is 7. The highest BCUT2D eigenvalue weighted by Gasteiger charge is 2.55. The number of hydrogen-bond donors (Lipinski definition) is 2. The Hall–Kier alpha value is -3.84. The topological polar surface area (TPSA) is 137 Å². The minimum Gasteiger partial charge on any atom is -0.501 e. The van der Waals surface area contributed by atoms with Crippen LogP contribution in [-0.4, -0.2) is 101 Å². The number of ether oxygens (including phenoxy) is 1. The molecular formula is C29H37FN6O6. The van der Waals surface area contributed by atoms with Gasteiger partial charge >= 0.3 is 11.8 Å². The van der Waals surface area contributed by atoms with Gasteiger partial charge in [0.25, 0.3) is 11.5 Å². The van der Waals surface area contributed by atoms with Crippen LogP contribution in [0.2, 0.25) is 0 Å². The van der Waals surface area contributed by atoms with E-state index in [-0.39, 0.29) is 30.4 Å². The third-order valence-corrected chi connectivity index (χ3v) is 9.14. The van der Waals surface area contributed by atoms with Crippen LogP contribution in [0, 0.1) is 11.2 Å². The van der Waals surface area contributed by atoms with Crippen molar-refractivity contribution >= 4 is 17.7 Å². The van der Waals surface area contributed by atoms with Crippen LogP contribution in [0.25, 0.3) is 0 Å². The van der Waals surface area contributed by atoms with Gasteiger partial charge in [-0.15, -0.1) is 0 Å². The lowest BCUT2D eigenvalue weighted by molar-refractivity contribution is -0.155. The zero-order valence-electron chi connectivity index (χ0n) is 24.4. The van der Waals surface area contributed by atoms with Gasteiger partial charge < -0.3 is 25.0 Å². The van der Waals surface area contributed by atoms with Gasteiger partial charge in [0.05, 0.1) is 19.3 Å². The molecule has 12 nitrogen and oxygen atoms in total. The lowest BCUT2D eigenvalue weighted by atomic mass is 9.67. The third-order valence-electron chi connectivity index (χ3n) is 9.14. The molecule has 3 aliphatic heterocycles. The third kappa shape index (κ3) is 5.15. The molecule has 226 valence electrons. The molecule has 1 aromatic carbocycles. The minimum atomic E-state index is -1.15. The summed E-state index contributed by atoms with van der Waals surface area (Å²) >= 11 is 0. The molecule has 0 unspecified atom stereocenters. The molecular weight excluding hydrogens is 547 g/mol. The van der Waals surface area contributed by atoms with Crippen molar-refractivity contribution in [3.05, 3.63) is 57.5 Å². The molecule has 0 spiro atoms. The van der Waals surface area contributed by atoms with Crippen molar-refractivity contribution < 1.29 is 28.6 Å². The first-order valence-corrected chi connectivity index (χ1v) is 14.0. The number of aromatic nitrogens is 2. The standard InChI is InChI=1S/C29H37FN6O6/c1-33(2)25(40)26(41)35(4)29-11-9-28(10-12-29,16-34(3)20-14-42-15-20)17-36-24(39)22(37)21(32-27(29)36)23(38)31-13-18-5-7-19(30)8-6-18/h5-8,20,37H,9-17H2,1-4H3,(H,31,38). The van der Waals surface area contributed by atoms with E-state index in [1.165, 1.54) is 59.8 Å². The zero-order valence-corrected chi connectivity index (χ0v) is 24.4. The van der Waals surface area contributed by atoms with E-state index in [1.807, 2.05) is 7.05 Å². The molecule has 0 radical (unpaired) electrons. The number of aromatic hydroxyl groups is 1. The second-order valence-corrected chi connectivity index (χ2v) is 12.0. The fourth-order valence-corrected chi connectivity index (χ4v) is 6.34. The molecule has 2 aromatic rings. The summed E-state index contributed by atoms with van der Waals surface area (Å²) < 4.78 is 20.1. The number of likely N-dealkylation sites (N-methyl/N-ethyl adjacent to an activating group) is 3. The highest BCUT2D eigenvalue weighted by atomic mass is 19.1. The van der Waals surface area contributed by atoms with Gasteiger partial charge in [-0.1, -0.05) is 12.1 Å². The normalized spacial score (nSPS) is 23.1.